The van der Waals surface area contributed by atoms with E-state index in [1.54, 1.807) is 0 Å². The summed E-state index contributed by atoms with van der Waals surface area (Å²) in [6.07, 6.45) is 1.11. The van der Waals surface area contributed by atoms with Crippen LogP contribution in [0.1, 0.15) is 16.8 Å². The second-order valence-corrected chi connectivity index (χ2v) is 4.89. The lowest BCUT2D eigenvalue weighted by atomic mass is 10.0. The highest BCUT2D eigenvalue weighted by molar-refractivity contribution is 6.32. The fourth-order valence-electron chi connectivity index (χ4n) is 2.78. The number of aromatic nitrogens is 1. The molecule has 1 N–H and O–H groups in total. The first kappa shape index (κ1) is 10.2. The zero-order valence-corrected chi connectivity index (χ0v) is 10.4. The minimum atomic E-state index is 0.860. The first-order valence-electron chi connectivity index (χ1n) is 5.66. The van der Waals surface area contributed by atoms with Crippen molar-refractivity contribution in [2.24, 2.45) is 7.05 Å². The molecule has 3 heteroatoms. The maximum atomic E-state index is 6.19. The normalized spacial score (nSPS) is 15.4. The summed E-state index contributed by atoms with van der Waals surface area (Å²) in [5, 5.41) is 5.65. The molecule has 0 spiro atoms. The summed E-state index contributed by atoms with van der Waals surface area (Å²) in [4.78, 5) is 0. The average molecular weight is 235 g/mol. The van der Waals surface area contributed by atoms with Gasteiger partial charge in [0.15, 0.2) is 0 Å². The lowest BCUT2D eigenvalue weighted by molar-refractivity contribution is 0.622. The van der Waals surface area contributed by atoms with E-state index in [0.29, 0.717) is 0 Å². The van der Waals surface area contributed by atoms with Gasteiger partial charge in [-0.05, 0) is 24.1 Å². The van der Waals surface area contributed by atoms with E-state index in [1.165, 1.54) is 27.7 Å². The summed E-state index contributed by atoms with van der Waals surface area (Å²) in [5.41, 5.74) is 5.39. The molecule has 0 fully saturated rings. The molecule has 0 atom stereocenters. The molecule has 0 unspecified atom stereocenters. The molecule has 0 aliphatic carbocycles. The van der Waals surface area contributed by atoms with Gasteiger partial charge in [0, 0.05) is 42.7 Å². The molecule has 2 nitrogen and oxygen atoms in total. The van der Waals surface area contributed by atoms with Gasteiger partial charge in [-0.1, -0.05) is 17.7 Å². The molecular formula is C13H15ClN2. The number of nitrogens with zero attached hydrogens (tertiary/aromatic N) is 1. The van der Waals surface area contributed by atoms with Gasteiger partial charge in [0.05, 0.1) is 5.52 Å². The molecule has 1 aliphatic heterocycles. The molecular weight excluding hydrogens is 220 g/mol. The van der Waals surface area contributed by atoms with Crippen molar-refractivity contribution < 1.29 is 0 Å². The number of hydrogen-bond donors (Lipinski definition) is 1. The van der Waals surface area contributed by atoms with Crippen molar-refractivity contribution in [2.45, 2.75) is 19.9 Å². The Kier molecular flexibility index (Phi) is 2.23. The van der Waals surface area contributed by atoms with Gasteiger partial charge in [0.1, 0.15) is 0 Å². The highest BCUT2D eigenvalue weighted by Crippen LogP contribution is 2.32. The highest BCUT2D eigenvalue weighted by atomic mass is 35.5. The van der Waals surface area contributed by atoms with Gasteiger partial charge in [-0.3, -0.25) is 0 Å². The van der Waals surface area contributed by atoms with E-state index in [1.807, 2.05) is 6.07 Å². The second-order valence-electron chi connectivity index (χ2n) is 4.48. The van der Waals surface area contributed by atoms with Gasteiger partial charge in [0.25, 0.3) is 0 Å². The predicted octanol–water partition coefficient (Wildman–Crippen LogP) is 2.79. The van der Waals surface area contributed by atoms with E-state index in [9.17, 15) is 0 Å². The Morgan fingerprint density at radius 1 is 1.38 bits per heavy atom. The van der Waals surface area contributed by atoms with Gasteiger partial charge in [0.2, 0.25) is 0 Å². The molecule has 1 aromatic heterocycles. The third kappa shape index (κ3) is 1.23. The van der Waals surface area contributed by atoms with Crippen LogP contribution in [0.4, 0.5) is 0 Å². The summed E-state index contributed by atoms with van der Waals surface area (Å²) in [5.74, 6) is 0. The first-order chi connectivity index (χ1) is 7.70. The zero-order valence-electron chi connectivity index (χ0n) is 9.60. The van der Waals surface area contributed by atoms with E-state index >= 15 is 0 Å². The standard InChI is InChI=1S/C13H15ClN2/c1-8-11(14)4-3-9-10-7-15-6-5-12(10)16(2)13(8)9/h3-4,15H,5-7H2,1-2H3. The van der Waals surface area contributed by atoms with Crippen LogP contribution in [0.15, 0.2) is 12.1 Å². The van der Waals surface area contributed by atoms with Gasteiger partial charge in [-0.2, -0.15) is 0 Å². The van der Waals surface area contributed by atoms with Crippen LogP contribution >= 0.6 is 11.6 Å². The molecule has 0 saturated carbocycles. The summed E-state index contributed by atoms with van der Waals surface area (Å²) in [7, 11) is 2.15. The average Bonchev–Trinajstić information content (AvgIpc) is 2.59. The van der Waals surface area contributed by atoms with Crippen LogP contribution in [-0.2, 0) is 20.0 Å². The Hall–Kier alpha value is -0.990. The third-order valence-electron chi connectivity index (χ3n) is 3.62. The van der Waals surface area contributed by atoms with E-state index in [0.717, 1.165) is 24.5 Å². The molecule has 2 heterocycles. The van der Waals surface area contributed by atoms with Gasteiger partial charge in [-0.25, -0.2) is 0 Å². The minimum Gasteiger partial charge on any atom is -0.347 e. The molecule has 0 saturated heterocycles. The zero-order chi connectivity index (χ0) is 11.3. The first-order valence-corrected chi connectivity index (χ1v) is 6.04. The van der Waals surface area contributed by atoms with Crippen LogP contribution in [-0.4, -0.2) is 11.1 Å². The van der Waals surface area contributed by atoms with Gasteiger partial charge < -0.3 is 9.88 Å². The fourth-order valence-corrected chi connectivity index (χ4v) is 2.93. The number of nitrogens with one attached hydrogen (secondary N) is 1. The third-order valence-corrected chi connectivity index (χ3v) is 4.03. The molecule has 0 amide bonds. The fraction of sp³-hybridized carbons (Fsp3) is 0.385. The van der Waals surface area contributed by atoms with E-state index in [-0.39, 0.29) is 0 Å². The van der Waals surface area contributed by atoms with Gasteiger partial charge in [-0.15, -0.1) is 0 Å². The van der Waals surface area contributed by atoms with E-state index < -0.39 is 0 Å². The van der Waals surface area contributed by atoms with Crippen LogP contribution in [0.2, 0.25) is 5.02 Å². The van der Waals surface area contributed by atoms with E-state index in [2.05, 4.69) is 29.9 Å². The summed E-state index contributed by atoms with van der Waals surface area (Å²) in [6, 6.07) is 4.16. The molecule has 1 aromatic carbocycles. The lowest BCUT2D eigenvalue weighted by Crippen LogP contribution is -2.24. The van der Waals surface area contributed by atoms with Crippen LogP contribution < -0.4 is 5.32 Å². The number of aryl methyl sites for hydroxylation is 2. The Bertz CT molecular complexity index is 569. The number of benzene rings is 1. The molecule has 84 valence electrons. The van der Waals surface area contributed by atoms with Gasteiger partial charge >= 0.3 is 0 Å². The SMILES string of the molecule is Cc1c(Cl)ccc2c3c(n(C)c12)CCNC3. The van der Waals surface area contributed by atoms with Crippen LogP contribution in [0.5, 0.6) is 0 Å². The van der Waals surface area contributed by atoms with Crippen LogP contribution in [0, 0.1) is 6.92 Å². The van der Waals surface area contributed by atoms with Crippen LogP contribution in [0.3, 0.4) is 0 Å². The maximum Gasteiger partial charge on any atom is 0.0527 e. The Morgan fingerprint density at radius 3 is 3.00 bits per heavy atom. The van der Waals surface area contributed by atoms with Crippen molar-refractivity contribution in [3.8, 4) is 0 Å². The Labute approximate surface area is 100 Å². The van der Waals surface area contributed by atoms with Crippen molar-refractivity contribution in [1.29, 1.82) is 0 Å². The molecule has 1 aliphatic rings. The summed E-state index contributed by atoms with van der Waals surface area (Å²) >= 11 is 6.19. The number of rotatable bonds is 0. The molecule has 2 aromatic rings. The second kappa shape index (κ2) is 3.51. The van der Waals surface area contributed by atoms with Crippen LogP contribution in [0.25, 0.3) is 10.9 Å². The number of fused-ring (bicyclic) bond motifs is 3. The molecule has 0 radical (unpaired) electrons. The monoisotopic (exact) mass is 234 g/mol. The smallest absolute Gasteiger partial charge is 0.0527 e. The van der Waals surface area contributed by atoms with Crippen molar-refractivity contribution in [1.82, 2.24) is 9.88 Å². The van der Waals surface area contributed by atoms with Crippen molar-refractivity contribution >= 4 is 22.5 Å². The molecule has 0 bridgehead atoms. The Balaban J connectivity index is 2.44. The van der Waals surface area contributed by atoms with Crippen molar-refractivity contribution in [3.63, 3.8) is 0 Å². The number of halogens is 1. The lowest BCUT2D eigenvalue weighted by Gasteiger charge is -2.14. The topological polar surface area (TPSA) is 17.0 Å². The Morgan fingerprint density at radius 2 is 2.19 bits per heavy atom. The quantitative estimate of drug-likeness (QED) is 0.742. The number of hydrogen-bond acceptors (Lipinski definition) is 1. The summed E-state index contributed by atoms with van der Waals surface area (Å²) < 4.78 is 2.31. The summed E-state index contributed by atoms with van der Waals surface area (Å²) in [6.45, 7) is 4.15. The molecule has 16 heavy (non-hydrogen) atoms. The maximum absolute atomic E-state index is 6.19. The molecule has 3 rings (SSSR count). The van der Waals surface area contributed by atoms with Crippen molar-refractivity contribution in [2.75, 3.05) is 6.54 Å². The van der Waals surface area contributed by atoms with E-state index in [4.69, 9.17) is 11.6 Å². The predicted molar refractivity (Wildman–Crippen MR) is 68.1 cm³/mol. The largest absolute Gasteiger partial charge is 0.347 e. The highest BCUT2D eigenvalue weighted by Gasteiger charge is 2.19. The minimum absolute atomic E-state index is 0.860. The van der Waals surface area contributed by atoms with Crippen molar-refractivity contribution in [3.05, 3.63) is 34.0 Å².